The first kappa shape index (κ1) is 20.4. The zero-order valence-corrected chi connectivity index (χ0v) is 16.2. The molecule has 2 rings (SSSR count). The molecule has 0 aliphatic carbocycles. The maximum atomic E-state index is 5.99. The van der Waals surface area contributed by atoms with Crippen LogP contribution < -0.4 is 25.3 Å². The largest absolute Gasteiger partial charge is 0.493 e. The van der Waals surface area contributed by atoms with Gasteiger partial charge in [-0.3, -0.25) is 0 Å². The summed E-state index contributed by atoms with van der Waals surface area (Å²) in [6.07, 6.45) is 3.80. The van der Waals surface area contributed by atoms with Crippen molar-refractivity contribution in [2.24, 2.45) is 10.7 Å². The molecule has 0 unspecified atom stereocenters. The van der Waals surface area contributed by atoms with Crippen molar-refractivity contribution in [2.75, 3.05) is 20.8 Å². The van der Waals surface area contributed by atoms with Gasteiger partial charge < -0.3 is 25.3 Å². The van der Waals surface area contributed by atoms with Gasteiger partial charge in [-0.1, -0.05) is 25.5 Å². The second-order valence-corrected chi connectivity index (χ2v) is 5.91. The normalized spacial score (nSPS) is 11.1. The van der Waals surface area contributed by atoms with E-state index in [2.05, 4.69) is 22.2 Å². The van der Waals surface area contributed by atoms with Crippen molar-refractivity contribution in [1.82, 2.24) is 10.3 Å². The van der Waals surface area contributed by atoms with Crippen LogP contribution in [0, 0.1) is 0 Å². The topological polar surface area (TPSA) is 91.0 Å². The van der Waals surface area contributed by atoms with Gasteiger partial charge in [0.2, 0.25) is 5.88 Å². The molecule has 0 aliphatic rings. The maximum absolute atomic E-state index is 5.99. The Morgan fingerprint density at radius 3 is 2.74 bits per heavy atom. The third-order valence-corrected chi connectivity index (χ3v) is 3.93. The van der Waals surface area contributed by atoms with Gasteiger partial charge in [-0.05, 0) is 30.2 Å². The minimum Gasteiger partial charge on any atom is -0.493 e. The molecule has 0 saturated heterocycles. The number of aromatic nitrogens is 1. The molecule has 1 aromatic heterocycles. The molecule has 27 heavy (non-hydrogen) atoms. The Balaban J connectivity index is 1.93. The number of guanidine groups is 1. The fourth-order valence-electron chi connectivity index (χ4n) is 2.40. The third-order valence-electron chi connectivity index (χ3n) is 3.93. The number of ether oxygens (including phenoxy) is 3. The molecule has 0 atom stereocenters. The fourth-order valence-corrected chi connectivity index (χ4v) is 2.40. The van der Waals surface area contributed by atoms with Crippen molar-refractivity contribution in [3.63, 3.8) is 0 Å². The summed E-state index contributed by atoms with van der Waals surface area (Å²) in [7, 11) is 3.21. The van der Waals surface area contributed by atoms with Gasteiger partial charge in [0.25, 0.3) is 0 Å². The molecule has 0 amide bonds. The monoisotopic (exact) mass is 372 g/mol. The number of hydrogen-bond acceptors (Lipinski definition) is 5. The Morgan fingerprint density at radius 2 is 2.00 bits per heavy atom. The zero-order valence-electron chi connectivity index (χ0n) is 16.2. The summed E-state index contributed by atoms with van der Waals surface area (Å²) in [4.78, 5) is 8.66. The third kappa shape index (κ3) is 6.36. The first-order valence-electron chi connectivity index (χ1n) is 8.99. The van der Waals surface area contributed by atoms with Crippen LogP contribution in [0.3, 0.4) is 0 Å². The van der Waals surface area contributed by atoms with E-state index in [9.17, 15) is 0 Å². The quantitative estimate of drug-likeness (QED) is 0.379. The fraction of sp³-hybridized carbons (Fsp3) is 0.400. The van der Waals surface area contributed by atoms with E-state index in [1.54, 1.807) is 20.4 Å². The highest BCUT2D eigenvalue weighted by atomic mass is 16.5. The van der Waals surface area contributed by atoms with E-state index in [1.807, 2.05) is 30.3 Å². The lowest BCUT2D eigenvalue weighted by molar-refractivity contribution is 0.294. The van der Waals surface area contributed by atoms with Crippen molar-refractivity contribution in [1.29, 1.82) is 0 Å². The van der Waals surface area contributed by atoms with Crippen molar-refractivity contribution in [3.8, 4) is 17.4 Å². The van der Waals surface area contributed by atoms with Crippen molar-refractivity contribution >= 4 is 5.96 Å². The molecular weight excluding hydrogens is 344 g/mol. The zero-order chi connectivity index (χ0) is 19.5. The Hall–Kier alpha value is -2.96. The molecule has 1 aromatic carbocycles. The van der Waals surface area contributed by atoms with E-state index in [4.69, 9.17) is 19.9 Å². The lowest BCUT2D eigenvalue weighted by Crippen LogP contribution is -2.31. The van der Waals surface area contributed by atoms with Crippen LogP contribution in [0.15, 0.2) is 41.5 Å². The Kier molecular flexibility index (Phi) is 8.22. The van der Waals surface area contributed by atoms with Crippen molar-refractivity contribution < 1.29 is 14.2 Å². The number of unbranched alkanes of at least 4 members (excludes halogenated alkanes) is 1. The standard InChI is InChI=1S/C20H28N4O3/c1-4-5-11-27-19-16(7-6-10-22-19)14-24-20(21)23-13-15-8-9-17(25-2)18(12-15)26-3/h6-10,12H,4-5,11,13-14H2,1-3H3,(H3,21,23,24). The minimum atomic E-state index is 0.355. The number of hydrogen-bond donors (Lipinski definition) is 2. The molecule has 1 heterocycles. The van der Waals surface area contributed by atoms with Crippen molar-refractivity contribution in [2.45, 2.75) is 32.9 Å². The smallest absolute Gasteiger partial charge is 0.218 e. The molecule has 0 aliphatic heterocycles. The van der Waals surface area contributed by atoms with Crippen LogP contribution in [0.1, 0.15) is 30.9 Å². The lowest BCUT2D eigenvalue weighted by Gasteiger charge is -2.11. The van der Waals surface area contributed by atoms with Crippen LogP contribution >= 0.6 is 0 Å². The number of benzene rings is 1. The van der Waals surface area contributed by atoms with Crippen LogP contribution in [0.5, 0.6) is 17.4 Å². The summed E-state index contributed by atoms with van der Waals surface area (Å²) in [6.45, 7) is 3.71. The SMILES string of the molecule is CCCCOc1ncccc1CNC(N)=NCc1ccc(OC)c(OC)c1. The lowest BCUT2D eigenvalue weighted by atomic mass is 10.2. The number of aliphatic imine (C=N–C) groups is 1. The number of rotatable bonds is 10. The molecule has 0 bridgehead atoms. The number of nitrogens with zero attached hydrogens (tertiary/aromatic N) is 2. The van der Waals surface area contributed by atoms with Gasteiger partial charge in [-0.2, -0.15) is 0 Å². The van der Waals surface area contributed by atoms with Gasteiger partial charge in [0.1, 0.15) is 0 Å². The van der Waals surface area contributed by atoms with Crippen LogP contribution in [0.4, 0.5) is 0 Å². The molecule has 3 N–H and O–H groups in total. The molecule has 0 radical (unpaired) electrons. The van der Waals surface area contributed by atoms with E-state index in [-0.39, 0.29) is 0 Å². The molecule has 0 spiro atoms. The second kappa shape index (κ2) is 10.9. The predicted molar refractivity (Wildman–Crippen MR) is 106 cm³/mol. The summed E-state index contributed by atoms with van der Waals surface area (Å²) in [6, 6.07) is 9.50. The second-order valence-electron chi connectivity index (χ2n) is 5.91. The average Bonchev–Trinajstić information content (AvgIpc) is 2.71. The van der Waals surface area contributed by atoms with Crippen molar-refractivity contribution in [3.05, 3.63) is 47.7 Å². The molecule has 7 nitrogen and oxygen atoms in total. The van der Waals surface area contributed by atoms with E-state index in [1.165, 1.54) is 0 Å². The summed E-state index contributed by atoms with van der Waals surface area (Å²) in [5.41, 5.74) is 7.91. The minimum absolute atomic E-state index is 0.355. The molecule has 146 valence electrons. The van der Waals surface area contributed by atoms with Gasteiger partial charge in [-0.15, -0.1) is 0 Å². The van der Waals surface area contributed by atoms with E-state index < -0.39 is 0 Å². The molecule has 7 heteroatoms. The Bertz CT molecular complexity index is 750. The molecular formula is C20H28N4O3. The highest BCUT2D eigenvalue weighted by Crippen LogP contribution is 2.27. The number of methoxy groups -OCH3 is 2. The number of nitrogens with two attached hydrogens (primary N) is 1. The van der Waals surface area contributed by atoms with Crippen LogP contribution in [-0.2, 0) is 13.1 Å². The summed E-state index contributed by atoms with van der Waals surface area (Å²) < 4.78 is 16.3. The Morgan fingerprint density at radius 1 is 1.19 bits per heavy atom. The maximum Gasteiger partial charge on any atom is 0.218 e. The van der Waals surface area contributed by atoms with Crippen LogP contribution in [-0.4, -0.2) is 31.8 Å². The summed E-state index contributed by atoms with van der Waals surface area (Å²) in [5, 5.41) is 3.10. The molecule has 0 saturated carbocycles. The predicted octanol–water partition coefficient (Wildman–Crippen LogP) is 2.88. The summed E-state index contributed by atoms with van der Waals surface area (Å²) in [5.74, 6) is 2.34. The van der Waals surface area contributed by atoms with Gasteiger partial charge in [0.15, 0.2) is 17.5 Å². The van der Waals surface area contributed by atoms with E-state index in [0.717, 1.165) is 24.0 Å². The highest BCUT2D eigenvalue weighted by molar-refractivity contribution is 5.77. The van der Waals surface area contributed by atoms with Crippen LogP contribution in [0.2, 0.25) is 0 Å². The first-order valence-corrected chi connectivity index (χ1v) is 8.99. The number of pyridine rings is 1. The van der Waals surface area contributed by atoms with Gasteiger partial charge in [-0.25, -0.2) is 9.98 Å². The van der Waals surface area contributed by atoms with Gasteiger partial charge in [0.05, 0.1) is 27.4 Å². The molecule has 2 aromatic rings. The van der Waals surface area contributed by atoms with E-state index in [0.29, 0.717) is 43.0 Å². The van der Waals surface area contributed by atoms with Crippen LogP contribution in [0.25, 0.3) is 0 Å². The van der Waals surface area contributed by atoms with Gasteiger partial charge >= 0.3 is 0 Å². The Labute approximate surface area is 160 Å². The first-order chi connectivity index (χ1) is 13.2. The highest BCUT2D eigenvalue weighted by Gasteiger charge is 2.06. The van der Waals surface area contributed by atoms with E-state index >= 15 is 0 Å². The summed E-state index contributed by atoms with van der Waals surface area (Å²) >= 11 is 0. The number of nitrogens with one attached hydrogen (secondary N) is 1. The molecule has 0 fully saturated rings. The van der Waals surface area contributed by atoms with Gasteiger partial charge in [0, 0.05) is 18.3 Å². The average molecular weight is 372 g/mol.